The molecule has 2 aromatic rings. The van der Waals surface area contributed by atoms with E-state index in [1.165, 1.54) is 17.0 Å². The summed E-state index contributed by atoms with van der Waals surface area (Å²) in [5, 5.41) is 0. The third-order valence-electron chi connectivity index (χ3n) is 4.24. The van der Waals surface area contributed by atoms with Gasteiger partial charge in [-0.15, -0.1) is 0 Å². The van der Waals surface area contributed by atoms with Crippen LogP contribution in [0.15, 0.2) is 36.4 Å². The van der Waals surface area contributed by atoms with E-state index in [4.69, 9.17) is 0 Å². The Hall–Kier alpha value is -2.41. The molecule has 1 amide bonds. The average molecular weight is 352 g/mol. The van der Waals surface area contributed by atoms with Crippen LogP contribution in [0.1, 0.15) is 15.9 Å². The Morgan fingerprint density at radius 2 is 1.48 bits per heavy atom. The number of piperazine rings is 1. The number of amides is 1. The highest BCUT2D eigenvalue weighted by atomic mass is 19.2. The Kier molecular flexibility index (Phi) is 5.03. The first-order chi connectivity index (χ1) is 12.0. The van der Waals surface area contributed by atoms with Crippen molar-refractivity contribution >= 4 is 5.91 Å². The van der Waals surface area contributed by atoms with Crippen molar-refractivity contribution in [2.75, 3.05) is 26.2 Å². The van der Waals surface area contributed by atoms with Gasteiger partial charge in [0, 0.05) is 32.7 Å². The minimum absolute atomic E-state index is 0.298. The summed E-state index contributed by atoms with van der Waals surface area (Å²) in [5.41, 5.74) is 0.485. The molecule has 0 spiro atoms. The van der Waals surface area contributed by atoms with Crippen molar-refractivity contribution in [3.8, 4) is 0 Å². The summed E-state index contributed by atoms with van der Waals surface area (Å²) >= 11 is 0. The molecule has 1 fully saturated rings. The Labute approximate surface area is 142 Å². The number of carbonyl (C=O) groups excluding carboxylic acids is 1. The van der Waals surface area contributed by atoms with E-state index >= 15 is 0 Å². The van der Waals surface area contributed by atoms with Crippen LogP contribution in [0.4, 0.5) is 17.6 Å². The lowest BCUT2D eigenvalue weighted by molar-refractivity contribution is 0.0622. The van der Waals surface area contributed by atoms with E-state index in [1.54, 1.807) is 12.1 Å². The molecule has 3 nitrogen and oxygen atoms in total. The third-order valence-corrected chi connectivity index (χ3v) is 4.24. The van der Waals surface area contributed by atoms with Crippen LogP contribution in [0.5, 0.6) is 0 Å². The first-order valence-corrected chi connectivity index (χ1v) is 7.85. The predicted molar refractivity (Wildman–Crippen MR) is 83.9 cm³/mol. The molecule has 0 unspecified atom stereocenters. The van der Waals surface area contributed by atoms with Gasteiger partial charge in [0.25, 0.3) is 5.91 Å². The van der Waals surface area contributed by atoms with Crippen LogP contribution in [-0.4, -0.2) is 41.9 Å². The average Bonchev–Trinajstić information content (AvgIpc) is 2.62. The predicted octanol–water partition coefficient (Wildman–Crippen LogP) is 3.20. The van der Waals surface area contributed by atoms with Gasteiger partial charge in [-0.2, -0.15) is 0 Å². The SMILES string of the molecule is O=C(c1ccc(F)c(F)c1F)N1CCN(Cc2ccc(F)cc2)CC1. The molecule has 132 valence electrons. The van der Waals surface area contributed by atoms with Crippen LogP contribution >= 0.6 is 0 Å². The number of hydrogen-bond acceptors (Lipinski definition) is 2. The van der Waals surface area contributed by atoms with Gasteiger partial charge < -0.3 is 4.90 Å². The Balaban J connectivity index is 1.61. The molecule has 0 N–H and O–H groups in total. The van der Waals surface area contributed by atoms with E-state index in [1.807, 2.05) is 0 Å². The number of nitrogens with zero attached hydrogens (tertiary/aromatic N) is 2. The lowest BCUT2D eigenvalue weighted by Crippen LogP contribution is -2.48. The molecule has 0 radical (unpaired) electrons. The van der Waals surface area contributed by atoms with Crippen LogP contribution < -0.4 is 0 Å². The van der Waals surface area contributed by atoms with Crippen LogP contribution in [-0.2, 0) is 6.54 Å². The Morgan fingerprint density at radius 3 is 2.12 bits per heavy atom. The van der Waals surface area contributed by atoms with Crippen molar-refractivity contribution in [3.63, 3.8) is 0 Å². The van der Waals surface area contributed by atoms with Gasteiger partial charge in [0.15, 0.2) is 17.5 Å². The van der Waals surface area contributed by atoms with Crippen molar-refractivity contribution in [2.24, 2.45) is 0 Å². The van der Waals surface area contributed by atoms with Gasteiger partial charge in [0.2, 0.25) is 0 Å². The molecule has 0 saturated carbocycles. The molecule has 0 bridgehead atoms. The van der Waals surface area contributed by atoms with E-state index in [9.17, 15) is 22.4 Å². The number of benzene rings is 2. The summed E-state index contributed by atoms with van der Waals surface area (Å²) in [6.45, 7) is 2.40. The van der Waals surface area contributed by atoms with E-state index in [0.29, 0.717) is 32.7 Å². The standard InChI is InChI=1S/C18H16F4N2O/c19-13-3-1-12(2-4-13)11-23-7-9-24(10-8-23)18(25)14-5-6-15(20)17(22)16(14)21/h1-6H,7-11H2. The maximum Gasteiger partial charge on any atom is 0.257 e. The van der Waals surface area contributed by atoms with Gasteiger partial charge in [0.05, 0.1) is 5.56 Å². The van der Waals surface area contributed by atoms with Gasteiger partial charge >= 0.3 is 0 Å². The monoisotopic (exact) mass is 352 g/mol. The van der Waals surface area contributed by atoms with Crippen molar-refractivity contribution in [1.82, 2.24) is 9.80 Å². The summed E-state index contributed by atoms with van der Waals surface area (Å²) in [6, 6.07) is 7.88. The number of carbonyl (C=O) groups is 1. The molecule has 0 atom stereocenters. The van der Waals surface area contributed by atoms with Crippen molar-refractivity contribution < 1.29 is 22.4 Å². The van der Waals surface area contributed by atoms with Crippen LogP contribution in [0.25, 0.3) is 0 Å². The molecule has 1 aliphatic heterocycles. The smallest absolute Gasteiger partial charge is 0.257 e. The fourth-order valence-corrected chi connectivity index (χ4v) is 2.82. The van der Waals surface area contributed by atoms with Crippen LogP contribution in [0.2, 0.25) is 0 Å². The highest BCUT2D eigenvalue weighted by Gasteiger charge is 2.26. The number of rotatable bonds is 3. The molecule has 1 aliphatic rings. The quantitative estimate of drug-likeness (QED) is 0.626. The van der Waals surface area contributed by atoms with Crippen LogP contribution in [0, 0.1) is 23.3 Å². The molecule has 7 heteroatoms. The topological polar surface area (TPSA) is 23.6 Å². The molecular formula is C18H16F4N2O. The molecule has 25 heavy (non-hydrogen) atoms. The van der Waals surface area contributed by atoms with Crippen molar-refractivity contribution in [2.45, 2.75) is 6.54 Å². The van der Waals surface area contributed by atoms with E-state index in [2.05, 4.69) is 4.90 Å². The second-order valence-corrected chi connectivity index (χ2v) is 5.92. The molecule has 3 rings (SSSR count). The van der Waals surface area contributed by atoms with E-state index in [-0.39, 0.29) is 5.82 Å². The maximum absolute atomic E-state index is 13.8. The summed E-state index contributed by atoms with van der Waals surface area (Å²) in [5.74, 6) is -5.37. The first kappa shape index (κ1) is 17.4. The third kappa shape index (κ3) is 3.82. The molecule has 2 aromatic carbocycles. The lowest BCUT2D eigenvalue weighted by atomic mass is 10.1. The first-order valence-electron chi connectivity index (χ1n) is 7.85. The zero-order chi connectivity index (χ0) is 18.0. The molecule has 0 aromatic heterocycles. The van der Waals surface area contributed by atoms with Crippen LogP contribution in [0.3, 0.4) is 0 Å². The van der Waals surface area contributed by atoms with E-state index in [0.717, 1.165) is 17.7 Å². The summed E-state index contributed by atoms with van der Waals surface area (Å²) in [6.07, 6.45) is 0. The zero-order valence-corrected chi connectivity index (χ0v) is 13.3. The maximum atomic E-state index is 13.8. The fourth-order valence-electron chi connectivity index (χ4n) is 2.82. The molecule has 1 heterocycles. The van der Waals surface area contributed by atoms with Gasteiger partial charge in [-0.25, -0.2) is 17.6 Å². The largest absolute Gasteiger partial charge is 0.336 e. The van der Waals surface area contributed by atoms with Gasteiger partial charge in [-0.1, -0.05) is 12.1 Å². The van der Waals surface area contributed by atoms with Crippen molar-refractivity contribution in [1.29, 1.82) is 0 Å². The zero-order valence-electron chi connectivity index (χ0n) is 13.3. The minimum Gasteiger partial charge on any atom is -0.336 e. The molecular weight excluding hydrogens is 336 g/mol. The fraction of sp³-hybridized carbons (Fsp3) is 0.278. The van der Waals surface area contributed by atoms with Crippen molar-refractivity contribution in [3.05, 3.63) is 70.8 Å². The summed E-state index contributed by atoms with van der Waals surface area (Å²) in [7, 11) is 0. The number of hydrogen-bond donors (Lipinski definition) is 0. The van der Waals surface area contributed by atoms with Gasteiger partial charge in [0.1, 0.15) is 5.82 Å². The minimum atomic E-state index is -1.64. The second kappa shape index (κ2) is 7.23. The highest BCUT2D eigenvalue weighted by Crippen LogP contribution is 2.18. The van der Waals surface area contributed by atoms with Gasteiger partial charge in [-0.3, -0.25) is 9.69 Å². The highest BCUT2D eigenvalue weighted by molar-refractivity contribution is 5.94. The summed E-state index contributed by atoms with van der Waals surface area (Å²) < 4.78 is 52.9. The Bertz CT molecular complexity index is 771. The molecule has 0 aliphatic carbocycles. The summed E-state index contributed by atoms with van der Waals surface area (Å²) in [4.78, 5) is 15.8. The van der Waals surface area contributed by atoms with Gasteiger partial charge in [-0.05, 0) is 29.8 Å². The molecule has 1 saturated heterocycles. The second-order valence-electron chi connectivity index (χ2n) is 5.92. The number of halogens is 4. The Morgan fingerprint density at radius 1 is 0.840 bits per heavy atom. The lowest BCUT2D eigenvalue weighted by Gasteiger charge is -2.34. The normalized spacial score (nSPS) is 15.4. The van der Waals surface area contributed by atoms with E-state index < -0.39 is 28.9 Å².